The van der Waals surface area contributed by atoms with Crippen LogP contribution >= 0.6 is 0 Å². The number of hydrogen-bond acceptors (Lipinski definition) is 2. The lowest BCUT2D eigenvalue weighted by Gasteiger charge is -1.95. The Morgan fingerprint density at radius 2 is 2.08 bits per heavy atom. The maximum atomic E-state index is 10.7. The van der Waals surface area contributed by atoms with Gasteiger partial charge in [0, 0.05) is 13.3 Å². The lowest BCUT2D eigenvalue weighted by atomic mass is 10.4. The van der Waals surface area contributed by atoms with Gasteiger partial charge >= 0.3 is 0 Å². The van der Waals surface area contributed by atoms with Gasteiger partial charge in [0.1, 0.15) is 0 Å². The van der Waals surface area contributed by atoms with Gasteiger partial charge in [-0.05, 0) is 0 Å². The van der Waals surface area contributed by atoms with Crippen molar-refractivity contribution in [2.75, 3.05) is 7.05 Å². The highest BCUT2D eigenvalue weighted by atomic mass is 16.1. The summed E-state index contributed by atoms with van der Waals surface area (Å²) in [5.41, 5.74) is 0. The van der Waals surface area contributed by atoms with Gasteiger partial charge in [0.25, 0.3) is 5.91 Å². The lowest BCUT2D eigenvalue weighted by molar-refractivity contribution is -0.113. The molecule has 0 saturated heterocycles. The van der Waals surface area contributed by atoms with Crippen LogP contribution in [0.25, 0.3) is 0 Å². The Morgan fingerprint density at radius 1 is 1.54 bits per heavy atom. The van der Waals surface area contributed by atoms with E-state index in [2.05, 4.69) is 16.6 Å². The van der Waals surface area contributed by atoms with Gasteiger partial charge in [-0.25, -0.2) is 4.99 Å². The average Bonchev–Trinajstić information content (AvgIpc) is 2.21. The zero-order valence-electron chi connectivity index (χ0n) is 8.24. The van der Waals surface area contributed by atoms with Crippen LogP contribution in [0.4, 0.5) is 0 Å². The molecule has 0 aliphatic heterocycles. The van der Waals surface area contributed by atoms with E-state index < -0.39 is 5.91 Å². The largest absolute Gasteiger partial charge is 0.402 e. The molecule has 0 bridgehead atoms. The fourth-order valence-corrected chi connectivity index (χ4v) is 0.406. The van der Waals surface area contributed by atoms with Gasteiger partial charge in [0.05, 0.1) is 0 Å². The number of aliphatic imine (C=N–C) groups is 2. The number of carbonyl (C=O) groups excluding carboxylic acids is 1. The average molecular weight is 179 g/mol. The van der Waals surface area contributed by atoms with Crippen molar-refractivity contribution in [1.29, 1.82) is 0 Å². The molecule has 70 valence electrons. The molecule has 0 spiro atoms. The SMILES string of the molecule is CC.[B]NC(=O)C(N=CC=C)=NC. The first-order chi connectivity index (χ1) is 6.26. The highest BCUT2D eigenvalue weighted by Crippen LogP contribution is 1.78. The Bertz CT molecular complexity index is 211. The van der Waals surface area contributed by atoms with E-state index >= 15 is 0 Å². The summed E-state index contributed by atoms with van der Waals surface area (Å²) in [4.78, 5) is 18.0. The summed E-state index contributed by atoms with van der Waals surface area (Å²) in [5.74, 6) is -0.502. The molecular formula is C8H14BN3O. The van der Waals surface area contributed by atoms with Crippen LogP contribution in [0, 0.1) is 0 Å². The zero-order chi connectivity index (χ0) is 10.7. The number of rotatable bonds is 1. The molecule has 2 radical (unpaired) electrons. The first-order valence-corrected chi connectivity index (χ1v) is 3.89. The van der Waals surface area contributed by atoms with Crippen molar-refractivity contribution >= 4 is 25.9 Å². The van der Waals surface area contributed by atoms with Crippen molar-refractivity contribution < 1.29 is 4.79 Å². The second kappa shape index (κ2) is 10.6. The maximum Gasteiger partial charge on any atom is 0.275 e. The van der Waals surface area contributed by atoms with Crippen LogP contribution < -0.4 is 5.23 Å². The van der Waals surface area contributed by atoms with Gasteiger partial charge in [0.15, 0.2) is 0 Å². The van der Waals surface area contributed by atoms with E-state index in [0.29, 0.717) is 0 Å². The van der Waals surface area contributed by atoms with Crippen LogP contribution in [0.3, 0.4) is 0 Å². The second-order valence-electron chi connectivity index (χ2n) is 1.53. The third-order valence-electron chi connectivity index (χ3n) is 0.848. The molecule has 1 N–H and O–H groups in total. The summed E-state index contributed by atoms with van der Waals surface area (Å²) in [6.07, 6.45) is 2.80. The van der Waals surface area contributed by atoms with Crippen LogP contribution in [-0.2, 0) is 4.79 Å². The van der Waals surface area contributed by atoms with Crippen molar-refractivity contribution in [1.82, 2.24) is 5.23 Å². The Morgan fingerprint density at radius 3 is 2.38 bits per heavy atom. The predicted molar refractivity (Wildman–Crippen MR) is 57.3 cm³/mol. The highest BCUT2D eigenvalue weighted by molar-refractivity contribution is 6.44. The summed E-state index contributed by atoms with van der Waals surface area (Å²) < 4.78 is 0. The van der Waals surface area contributed by atoms with Gasteiger partial charge in [-0.3, -0.25) is 9.79 Å². The molecule has 0 aromatic carbocycles. The zero-order valence-corrected chi connectivity index (χ0v) is 8.24. The van der Waals surface area contributed by atoms with E-state index in [1.54, 1.807) is 0 Å². The van der Waals surface area contributed by atoms with E-state index in [1.165, 1.54) is 19.3 Å². The van der Waals surface area contributed by atoms with Gasteiger partial charge in [-0.1, -0.05) is 26.5 Å². The fraction of sp³-hybridized carbons (Fsp3) is 0.375. The van der Waals surface area contributed by atoms with E-state index in [-0.39, 0.29) is 5.84 Å². The monoisotopic (exact) mass is 179 g/mol. The standard InChI is InChI=1S/C6H8BN3O.C2H6/c1-3-4-9-5(8-2)6(11)10-7;1-2/h3-4H,1H2,2H3,(H,10,11);1-2H3. The number of nitrogens with one attached hydrogen (secondary N) is 1. The summed E-state index contributed by atoms with van der Waals surface area (Å²) in [6, 6.07) is 0. The smallest absolute Gasteiger partial charge is 0.275 e. The van der Waals surface area contributed by atoms with Crippen molar-refractivity contribution in [2.45, 2.75) is 13.8 Å². The summed E-state index contributed by atoms with van der Waals surface area (Å²) in [5, 5.41) is 1.91. The molecule has 0 heterocycles. The molecule has 0 saturated carbocycles. The molecule has 0 aliphatic carbocycles. The first kappa shape index (κ1) is 14.2. The highest BCUT2D eigenvalue weighted by Gasteiger charge is 2.03. The quantitative estimate of drug-likeness (QED) is 0.355. The molecule has 1 amide bonds. The van der Waals surface area contributed by atoms with Gasteiger partial charge in [-0.15, -0.1) is 0 Å². The number of carbonyl (C=O) groups is 1. The summed E-state index contributed by atoms with van der Waals surface area (Å²) in [6.45, 7) is 7.38. The summed E-state index contributed by atoms with van der Waals surface area (Å²) in [7, 11) is 6.29. The Balaban J connectivity index is 0. The number of hydrogen-bond donors (Lipinski definition) is 1. The van der Waals surface area contributed by atoms with Crippen molar-refractivity contribution in [2.24, 2.45) is 9.98 Å². The Kier molecular flexibility index (Phi) is 11.6. The van der Waals surface area contributed by atoms with Crippen LogP contribution in [0.1, 0.15) is 13.8 Å². The van der Waals surface area contributed by atoms with Crippen LogP contribution in [0.15, 0.2) is 22.6 Å². The van der Waals surface area contributed by atoms with E-state index in [4.69, 9.17) is 7.98 Å². The Hall–Kier alpha value is -1.39. The topological polar surface area (TPSA) is 53.8 Å². The molecule has 0 aromatic rings. The number of allylic oxidation sites excluding steroid dienone is 1. The van der Waals surface area contributed by atoms with E-state index in [0.717, 1.165) is 0 Å². The number of amides is 1. The van der Waals surface area contributed by atoms with Crippen molar-refractivity contribution in [3.63, 3.8) is 0 Å². The minimum Gasteiger partial charge on any atom is -0.402 e. The molecule has 0 aromatic heterocycles. The summed E-state index contributed by atoms with van der Waals surface area (Å²) >= 11 is 0. The fourth-order valence-electron chi connectivity index (χ4n) is 0.406. The number of amidine groups is 1. The van der Waals surface area contributed by atoms with Crippen LogP contribution in [-0.4, -0.2) is 33.0 Å². The molecule has 0 unspecified atom stereocenters. The molecule has 13 heavy (non-hydrogen) atoms. The second-order valence-corrected chi connectivity index (χ2v) is 1.53. The van der Waals surface area contributed by atoms with Crippen LogP contribution in [0.5, 0.6) is 0 Å². The van der Waals surface area contributed by atoms with E-state index in [1.807, 2.05) is 19.1 Å². The van der Waals surface area contributed by atoms with E-state index in [9.17, 15) is 4.79 Å². The van der Waals surface area contributed by atoms with Crippen LogP contribution in [0.2, 0.25) is 0 Å². The molecule has 0 atom stereocenters. The van der Waals surface area contributed by atoms with Gasteiger partial charge < -0.3 is 5.23 Å². The van der Waals surface area contributed by atoms with Gasteiger partial charge in [-0.2, -0.15) is 0 Å². The molecule has 0 aliphatic rings. The van der Waals surface area contributed by atoms with Crippen molar-refractivity contribution in [3.05, 3.63) is 12.7 Å². The van der Waals surface area contributed by atoms with Gasteiger partial charge in [0.2, 0.25) is 13.8 Å². The third kappa shape index (κ3) is 6.99. The molecule has 5 heteroatoms. The first-order valence-electron chi connectivity index (χ1n) is 3.89. The lowest BCUT2D eigenvalue weighted by Crippen LogP contribution is -2.27. The molecular weight excluding hydrogens is 165 g/mol. The Labute approximate surface area is 80.3 Å². The molecule has 0 fully saturated rings. The molecule has 0 rings (SSSR count). The maximum absolute atomic E-state index is 10.7. The predicted octanol–water partition coefficient (Wildman–Crippen LogP) is 0.497. The van der Waals surface area contributed by atoms with Crippen molar-refractivity contribution in [3.8, 4) is 0 Å². The minimum atomic E-state index is -0.523. The minimum absolute atomic E-state index is 0.0207. The normalized spacial score (nSPS) is 10.2. The molecule has 4 nitrogen and oxygen atoms in total. The number of nitrogens with zero attached hydrogens (tertiary/aromatic N) is 2. The third-order valence-corrected chi connectivity index (χ3v) is 0.848.